The van der Waals surface area contributed by atoms with Crippen molar-refractivity contribution in [1.82, 2.24) is 9.55 Å². The maximum absolute atomic E-state index is 6.17. The SMILES string of the molecule is C[C@H]1CC2=C(C[C@@H]1[C@@H]1N=C(N)Nc3nc4ccccc4n31)C(C)(C)CCC2. The summed E-state index contributed by atoms with van der Waals surface area (Å²) in [6.45, 7) is 7.24. The van der Waals surface area contributed by atoms with Crippen molar-refractivity contribution in [2.24, 2.45) is 28.0 Å². The van der Waals surface area contributed by atoms with Crippen LogP contribution in [0.2, 0.25) is 0 Å². The molecule has 142 valence electrons. The van der Waals surface area contributed by atoms with Gasteiger partial charge in [-0.1, -0.05) is 44.1 Å². The van der Waals surface area contributed by atoms with Crippen molar-refractivity contribution < 1.29 is 0 Å². The average Bonchev–Trinajstić information content (AvgIpc) is 2.98. The summed E-state index contributed by atoms with van der Waals surface area (Å²) in [4.78, 5) is 9.65. The maximum Gasteiger partial charge on any atom is 0.212 e. The fourth-order valence-corrected chi connectivity index (χ4v) is 5.58. The third-order valence-corrected chi connectivity index (χ3v) is 7.02. The number of para-hydroxylation sites is 2. The lowest BCUT2D eigenvalue weighted by atomic mass is 9.63. The van der Waals surface area contributed by atoms with Gasteiger partial charge in [0.15, 0.2) is 5.96 Å². The highest BCUT2D eigenvalue weighted by Crippen LogP contribution is 2.52. The van der Waals surface area contributed by atoms with E-state index in [1.807, 2.05) is 6.07 Å². The van der Waals surface area contributed by atoms with Gasteiger partial charge < -0.3 is 5.73 Å². The van der Waals surface area contributed by atoms with Crippen LogP contribution in [-0.2, 0) is 0 Å². The number of aromatic nitrogens is 2. The van der Waals surface area contributed by atoms with Gasteiger partial charge in [-0.25, -0.2) is 9.98 Å². The number of allylic oxidation sites excluding steroid dienone is 2. The minimum Gasteiger partial charge on any atom is -0.370 e. The molecule has 5 rings (SSSR count). The number of benzene rings is 1. The number of guanidine groups is 1. The van der Waals surface area contributed by atoms with E-state index in [1.165, 1.54) is 25.7 Å². The predicted molar refractivity (Wildman–Crippen MR) is 111 cm³/mol. The Bertz CT molecular complexity index is 964. The Labute approximate surface area is 160 Å². The molecule has 1 aromatic carbocycles. The highest BCUT2D eigenvalue weighted by molar-refractivity contribution is 5.94. The zero-order valence-electron chi connectivity index (χ0n) is 16.5. The molecule has 2 aromatic rings. The second-order valence-electron chi connectivity index (χ2n) is 9.22. The van der Waals surface area contributed by atoms with Crippen LogP contribution in [0, 0.1) is 17.3 Å². The summed E-state index contributed by atoms with van der Waals surface area (Å²) in [5, 5.41) is 3.17. The number of nitrogens with one attached hydrogen (secondary N) is 1. The molecule has 0 bridgehead atoms. The van der Waals surface area contributed by atoms with Gasteiger partial charge in [0.2, 0.25) is 5.95 Å². The Morgan fingerprint density at radius 2 is 2.04 bits per heavy atom. The first-order valence-electron chi connectivity index (χ1n) is 10.2. The maximum atomic E-state index is 6.17. The van der Waals surface area contributed by atoms with Crippen LogP contribution in [0.5, 0.6) is 0 Å². The first-order chi connectivity index (χ1) is 12.9. The van der Waals surface area contributed by atoms with Crippen molar-refractivity contribution in [2.75, 3.05) is 5.32 Å². The van der Waals surface area contributed by atoms with Crippen LogP contribution in [0.1, 0.15) is 59.0 Å². The molecule has 0 saturated heterocycles. The van der Waals surface area contributed by atoms with E-state index in [2.05, 4.69) is 48.9 Å². The number of hydrogen-bond donors (Lipinski definition) is 2. The molecule has 2 aliphatic carbocycles. The van der Waals surface area contributed by atoms with Crippen LogP contribution < -0.4 is 11.1 Å². The van der Waals surface area contributed by atoms with Gasteiger partial charge in [-0.15, -0.1) is 0 Å². The molecule has 5 nitrogen and oxygen atoms in total. The third-order valence-electron chi connectivity index (χ3n) is 7.02. The van der Waals surface area contributed by atoms with E-state index in [0.29, 0.717) is 23.2 Å². The first kappa shape index (κ1) is 16.8. The van der Waals surface area contributed by atoms with Gasteiger partial charge in [0, 0.05) is 5.92 Å². The van der Waals surface area contributed by atoms with E-state index in [9.17, 15) is 0 Å². The highest BCUT2D eigenvalue weighted by atomic mass is 15.4. The van der Waals surface area contributed by atoms with Gasteiger partial charge in [0.25, 0.3) is 0 Å². The van der Waals surface area contributed by atoms with E-state index in [4.69, 9.17) is 15.7 Å². The molecule has 0 spiro atoms. The fourth-order valence-electron chi connectivity index (χ4n) is 5.58. The van der Waals surface area contributed by atoms with Gasteiger partial charge in [-0.3, -0.25) is 9.88 Å². The molecule has 0 unspecified atom stereocenters. The van der Waals surface area contributed by atoms with Crippen LogP contribution in [0.25, 0.3) is 11.0 Å². The molecule has 0 fully saturated rings. The summed E-state index contributed by atoms with van der Waals surface area (Å²) < 4.78 is 2.27. The average molecular weight is 364 g/mol. The summed E-state index contributed by atoms with van der Waals surface area (Å²) in [6, 6.07) is 8.31. The summed E-state index contributed by atoms with van der Waals surface area (Å²) in [5.74, 6) is 2.34. The Morgan fingerprint density at radius 3 is 2.89 bits per heavy atom. The molecule has 27 heavy (non-hydrogen) atoms. The number of hydrogen-bond acceptors (Lipinski definition) is 4. The number of anilines is 1. The lowest BCUT2D eigenvalue weighted by Crippen LogP contribution is -2.38. The lowest BCUT2D eigenvalue weighted by Gasteiger charge is -2.45. The fraction of sp³-hybridized carbons (Fsp3) is 0.545. The van der Waals surface area contributed by atoms with Crippen molar-refractivity contribution >= 4 is 22.9 Å². The second kappa shape index (κ2) is 5.85. The molecular formula is C22H29N5. The van der Waals surface area contributed by atoms with Crippen LogP contribution in [0.3, 0.4) is 0 Å². The Kier molecular flexibility index (Phi) is 3.65. The van der Waals surface area contributed by atoms with E-state index in [-0.39, 0.29) is 6.17 Å². The highest BCUT2D eigenvalue weighted by Gasteiger charge is 2.41. The number of nitrogens with zero attached hydrogens (tertiary/aromatic N) is 3. The van der Waals surface area contributed by atoms with Gasteiger partial charge in [-0.2, -0.15) is 0 Å². The molecule has 0 radical (unpaired) electrons. The molecular weight excluding hydrogens is 334 g/mol. The summed E-state index contributed by atoms with van der Waals surface area (Å²) in [7, 11) is 0. The van der Waals surface area contributed by atoms with Crippen LogP contribution in [0.15, 0.2) is 40.4 Å². The topological polar surface area (TPSA) is 68.2 Å². The number of rotatable bonds is 1. The van der Waals surface area contributed by atoms with Gasteiger partial charge in [0.05, 0.1) is 11.0 Å². The van der Waals surface area contributed by atoms with Crippen molar-refractivity contribution in [3.05, 3.63) is 35.4 Å². The summed E-state index contributed by atoms with van der Waals surface area (Å²) in [6.07, 6.45) is 6.24. The van der Waals surface area contributed by atoms with E-state index >= 15 is 0 Å². The summed E-state index contributed by atoms with van der Waals surface area (Å²) in [5.41, 5.74) is 12.0. The lowest BCUT2D eigenvalue weighted by molar-refractivity contribution is 0.199. The zero-order chi connectivity index (χ0) is 18.8. The number of fused-ring (bicyclic) bond motifs is 3. The largest absolute Gasteiger partial charge is 0.370 e. The van der Waals surface area contributed by atoms with Crippen LogP contribution in [-0.4, -0.2) is 15.5 Å². The molecule has 3 atom stereocenters. The quantitative estimate of drug-likeness (QED) is 0.713. The van der Waals surface area contributed by atoms with Crippen molar-refractivity contribution in [2.45, 2.75) is 59.0 Å². The Hall–Kier alpha value is -2.30. The van der Waals surface area contributed by atoms with Gasteiger partial charge in [0.1, 0.15) is 6.17 Å². The van der Waals surface area contributed by atoms with Crippen LogP contribution >= 0.6 is 0 Å². The first-order valence-corrected chi connectivity index (χ1v) is 10.2. The van der Waals surface area contributed by atoms with Crippen molar-refractivity contribution in [3.63, 3.8) is 0 Å². The van der Waals surface area contributed by atoms with Crippen LogP contribution in [0.4, 0.5) is 5.95 Å². The molecule has 0 amide bonds. The number of imidazole rings is 1. The van der Waals surface area contributed by atoms with Crippen molar-refractivity contribution in [3.8, 4) is 0 Å². The molecule has 3 aliphatic rings. The number of aliphatic imine (C=N–C) groups is 1. The minimum absolute atomic E-state index is 0.00965. The monoisotopic (exact) mass is 363 g/mol. The summed E-state index contributed by atoms with van der Waals surface area (Å²) >= 11 is 0. The Morgan fingerprint density at radius 1 is 1.22 bits per heavy atom. The predicted octanol–water partition coefficient (Wildman–Crippen LogP) is 4.83. The number of nitrogens with two attached hydrogens (primary N) is 1. The minimum atomic E-state index is 0.00965. The molecule has 5 heteroatoms. The molecule has 0 saturated carbocycles. The standard InChI is InChI=1S/C22H29N5/c1-13-11-14-7-6-10-22(2,3)16(14)12-15(13)19-25-20(23)26-21-24-17-8-4-5-9-18(17)27(19)21/h4-5,8-9,13,15,19H,6-7,10-12H2,1-3H3,(H3,23,24,25,26)/t13-,15-,19+/m0/s1. The Balaban J connectivity index is 1.60. The second-order valence-corrected chi connectivity index (χ2v) is 9.22. The smallest absolute Gasteiger partial charge is 0.212 e. The molecule has 1 aliphatic heterocycles. The molecule has 1 aromatic heterocycles. The van der Waals surface area contributed by atoms with E-state index in [1.54, 1.807) is 11.1 Å². The van der Waals surface area contributed by atoms with Gasteiger partial charge in [-0.05, 0) is 55.6 Å². The van der Waals surface area contributed by atoms with E-state index in [0.717, 1.165) is 23.4 Å². The zero-order valence-corrected chi connectivity index (χ0v) is 16.5. The normalized spacial score (nSPS) is 29.7. The van der Waals surface area contributed by atoms with Crippen molar-refractivity contribution in [1.29, 1.82) is 0 Å². The third kappa shape index (κ3) is 2.59. The van der Waals surface area contributed by atoms with E-state index < -0.39 is 0 Å². The molecule has 2 heterocycles. The molecule has 3 N–H and O–H groups in total. The van der Waals surface area contributed by atoms with Gasteiger partial charge >= 0.3 is 0 Å².